The number of fused-ring (bicyclic) bond motifs is 1. The van der Waals surface area contributed by atoms with Crippen molar-refractivity contribution in [1.82, 2.24) is 4.98 Å². The average Bonchev–Trinajstić information content (AvgIpc) is 2.30. The number of hydrogen-bond acceptors (Lipinski definition) is 3. The molecule has 1 aliphatic carbocycles. The van der Waals surface area contributed by atoms with E-state index in [9.17, 15) is 0 Å². The molecule has 3 nitrogen and oxygen atoms in total. The molecule has 0 atom stereocenters. The van der Waals surface area contributed by atoms with E-state index in [0.29, 0.717) is 0 Å². The summed E-state index contributed by atoms with van der Waals surface area (Å²) in [6.45, 7) is 1.07. The van der Waals surface area contributed by atoms with Gasteiger partial charge in [0.05, 0.1) is 0 Å². The van der Waals surface area contributed by atoms with E-state index in [1.165, 1.54) is 30.3 Å². The van der Waals surface area contributed by atoms with Gasteiger partial charge < -0.3 is 11.1 Å². The van der Waals surface area contributed by atoms with Crippen LogP contribution < -0.4 is 11.1 Å². The number of nitrogens with zero attached hydrogens (tertiary/aromatic N) is 1. The molecule has 1 heterocycles. The molecule has 0 radical (unpaired) electrons. The monoisotopic (exact) mass is 227 g/mol. The number of hydrogen-bond donors (Lipinski definition) is 2. The molecule has 0 aliphatic heterocycles. The number of rotatable bonds is 3. The highest BCUT2D eigenvalue weighted by atomic mass is 14.9. The maximum absolute atomic E-state index is 5.95. The lowest BCUT2D eigenvalue weighted by molar-refractivity contribution is 0.333. The highest BCUT2D eigenvalue weighted by Crippen LogP contribution is 2.30. The minimum atomic E-state index is 0.794. The number of nitrogens with two attached hydrogens (primary N) is 1. The topological polar surface area (TPSA) is 50.9 Å². The highest BCUT2D eigenvalue weighted by Gasteiger charge is 2.17. The van der Waals surface area contributed by atoms with Gasteiger partial charge in [-0.05, 0) is 37.0 Å². The van der Waals surface area contributed by atoms with Crippen molar-refractivity contribution in [3.05, 3.63) is 30.6 Å². The fraction of sp³-hybridized carbons (Fsp3) is 0.357. The lowest BCUT2D eigenvalue weighted by Crippen LogP contribution is -2.20. The maximum atomic E-state index is 5.95. The van der Waals surface area contributed by atoms with E-state index in [2.05, 4.69) is 16.4 Å². The predicted octanol–water partition coefficient (Wildman–Crippen LogP) is 3.03. The summed E-state index contributed by atoms with van der Waals surface area (Å²) in [5.74, 6) is 0.851. The van der Waals surface area contributed by atoms with Gasteiger partial charge in [0.25, 0.3) is 0 Å². The Kier molecular flexibility index (Phi) is 2.59. The third-order valence-corrected chi connectivity index (χ3v) is 3.66. The fourth-order valence-electron chi connectivity index (χ4n) is 2.32. The second-order valence-corrected chi connectivity index (χ2v) is 4.80. The van der Waals surface area contributed by atoms with Gasteiger partial charge in [0.1, 0.15) is 0 Å². The molecule has 0 saturated heterocycles. The molecular formula is C14H17N3. The van der Waals surface area contributed by atoms with Crippen molar-refractivity contribution in [2.45, 2.75) is 19.3 Å². The summed E-state index contributed by atoms with van der Waals surface area (Å²) in [4.78, 5) is 4.13. The van der Waals surface area contributed by atoms with Gasteiger partial charge in [-0.25, -0.2) is 0 Å². The van der Waals surface area contributed by atoms with Crippen LogP contribution in [0.2, 0.25) is 0 Å². The van der Waals surface area contributed by atoms with Gasteiger partial charge in [-0.1, -0.05) is 6.42 Å². The van der Waals surface area contributed by atoms with Crippen LogP contribution >= 0.6 is 0 Å². The van der Waals surface area contributed by atoms with E-state index in [4.69, 9.17) is 5.73 Å². The van der Waals surface area contributed by atoms with Crippen LogP contribution in [-0.4, -0.2) is 11.5 Å². The Bertz CT molecular complexity index is 532. The average molecular weight is 227 g/mol. The Balaban J connectivity index is 1.90. The van der Waals surface area contributed by atoms with E-state index < -0.39 is 0 Å². The first-order valence-corrected chi connectivity index (χ1v) is 6.20. The van der Waals surface area contributed by atoms with Crippen LogP contribution in [0, 0.1) is 5.92 Å². The van der Waals surface area contributed by atoms with Crippen molar-refractivity contribution >= 4 is 22.1 Å². The van der Waals surface area contributed by atoms with Crippen molar-refractivity contribution < 1.29 is 0 Å². The third-order valence-electron chi connectivity index (χ3n) is 3.66. The van der Waals surface area contributed by atoms with Crippen LogP contribution in [0.15, 0.2) is 30.6 Å². The summed E-state index contributed by atoms with van der Waals surface area (Å²) in [6, 6.07) is 6.04. The first-order valence-electron chi connectivity index (χ1n) is 6.20. The molecule has 17 heavy (non-hydrogen) atoms. The Morgan fingerprint density at radius 3 is 2.88 bits per heavy atom. The maximum Gasteiger partial charge on any atom is 0.0422 e. The van der Waals surface area contributed by atoms with Crippen molar-refractivity contribution in [1.29, 1.82) is 0 Å². The Hall–Kier alpha value is -1.77. The number of benzene rings is 1. The molecule has 3 rings (SSSR count). The zero-order chi connectivity index (χ0) is 11.7. The van der Waals surface area contributed by atoms with Gasteiger partial charge in [-0.3, -0.25) is 4.98 Å². The molecule has 1 fully saturated rings. The first-order chi connectivity index (χ1) is 8.34. The van der Waals surface area contributed by atoms with E-state index >= 15 is 0 Å². The molecule has 1 aromatic heterocycles. The second kappa shape index (κ2) is 4.24. The molecule has 0 spiro atoms. The number of pyridine rings is 1. The number of nitrogens with one attached hydrogen (secondary N) is 1. The highest BCUT2D eigenvalue weighted by molar-refractivity contribution is 6.00. The van der Waals surface area contributed by atoms with Gasteiger partial charge in [-0.15, -0.1) is 0 Å². The SMILES string of the molecule is Nc1ccc(NCC2CCC2)c2ccncc12. The van der Waals surface area contributed by atoms with Crippen LogP contribution in [-0.2, 0) is 0 Å². The van der Waals surface area contributed by atoms with Crippen molar-refractivity contribution in [2.75, 3.05) is 17.6 Å². The fourth-order valence-corrected chi connectivity index (χ4v) is 2.32. The summed E-state index contributed by atoms with van der Waals surface area (Å²) in [5, 5.41) is 5.73. The summed E-state index contributed by atoms with van der Waals surface area (Å²) in [5.41, 5.74) is 7.91. The van der Waals surface area contributed by atoms with Crippen LogP contribution in [0.5, 0.6) is 0 Å². The minimum absolute atomic E-state index is 0.794. The standard InChI is InChI=1S/C14H17N3/c15-13-4-5-14(17-8-10-2-1-3-10)11-6-7-16-9-12(11)13/h4-7,9-10,17H,1-3,8,15H2. The van der Waals surface area contributed by atoms with E-state index in [1.807, 2.05) is 24.5 Å². The van der Waals surface area contributed by atoms with Gasteiger partial charge >= 0.3 is 0 Å². The zero-order valence-electron chi connectivity index (χ0n) is 9.82. The minimum Gasteiger partial charge on any atom is -0.398 e. The van der Waals surface area contributed by atoms with Crippen LogP contribution in [0.4, 0.5) is 11.4 Å². The molecule has 1 aliphatic rings. The normalized spacial score (nSPS) is 15.8. The predicted molar refractivity (Wildman–Crippen MR) is 72.0 cm³/mol. The third kappa shape index (κ3) is 1.93. The van der Waals surface area contributed by atoms with E-state index in [-0.39, 0.29) is 0 Å². The van der Waals surface area contributed by atoms with Gasteiger partial charge in [0, 0.05) is 41.1 Å². The number of anilines is 2. The van der Waals surface area contributed by atoms with Crippen LogP contribution in [0.3, 0.4) is 0 Å². The smallest absolute Gasteiger partial charge is 0.0422 e. The summed E-state index contributed by atoms with van der Waals surface area (Å²) in [6.07, 6.45) is 7.76. The van der Waals surface area contributed by atoms with Gasteiger partial charge in [-0.2, -0.15) is 0 Å². The molecule has 0 amide bonds. The lowest BCUT2D eigenvalue weighted by Gasteiger charge is -2.26. The summed E-state index contributed by atoms with van der Waals surface area (Å²) < 4.78 is 0. The molecule has 88 valence electrons. The first kappa shape index (κ1) is 10.4. The molecular weight excluding hydrogens is 210 g/mol. The van der Waals surface area contributed by atoms with E-state index in [1.54, 1.807) is 0 Å². The molecule has 3 N–H and O–H groups in total. The quantitative estimate of drug-likeness (QED) is 0.792. The molecule has 1 saturated carbocycles. The molecule has 0 bridgehead atoms. The number of aromatic nitrogens is 1. The molecule has 1 aromatic carbocycles. The number of nitrogen functional groups attached to an aromatic ring is 1. The van der Waals surface area contributed by atoms with Crippen molar-refractivity contribution in [2.24, 2.45) is 5.92 Å². The molecule has 2 aromatic rings. The van der Waals surface area contributed by atoms with Crippen molar-refractivity contribution in [3.63, 3.8) is 0 Å². The lowest BCUT2D eigenvalue weighted by atomic mass is 9.85. The van der Waals surface area contributed by atoms with Gasteiger partial charge in [0.2, 0.25) is 0 Å². The van der Waals surface area contributed by atoms with E-state index in [0.717, 1.165) is 23.5 Å². The van der Waals surface area contributed by atoms with Gasteiger partial charge in [0.15, 0.2) is 0 Å². The Morgan fingerprint density at radius 1 is 1.24 bits per heavy atom. The summed E-state index contributed by atoms with van der Waals surface area (Å²) in [7, 11) is 0. The molecule has 0 unspecified atom stereocenters. The molecule has 3 heteroatoms. The largest absolute Gasteiger partial charge is 0.398 e. The summed E-state index contributed by atoms with van der Waals surface area (Å²) >= 11 is 0. The Morgan fingerprint density at radius 2 is 2.12 bits per heavy atom. The zero-order valence-corrected chi connectivity index (χ0v) is 9.82. The van der Waals surface area contributed by atoms with Crippen LogP contribution in [0.25, 0.3) is 10.8 Å². The second-order valence-electron chi connectivity index (χ2n) is 4.80. The van der Waals surface area contributed by atoms with Crippen molar-refractivity contribution in [3.8, 4) is 0 Å². The van der Waals surface area contributed by atoms with Crippen LogP contribution in [0.1, 0.15) is 19.3 Å². The Labute approximate surface area is 101 Å².